The molecule has 0 saturated heterocycles. The third-order valence-corrected chi connectivity index (χ3v) is 4.78. The van der Waals surface area contributed by atoms with Crippen LogP contribution in [0.15, 0.2) is 42.7 Å². The van der Waals surface area contributed by atoms with E-state index in [0.717, 1.165) is 16.5 Å². The molecule has 0 aliphatic rings. The molecule has 0 fully saturated rings. The van der Waals surface area contributed by atoms with Crippen LogP contribution >= 0.6 is 0 Å². The number of nitrogens with one attached hydrogen (secondary N) is 2. The highest BCUT2D eigenvalue weighted by Crippen LogP contribution is 2.35. The minimum atomic E-state index is -2.35. The maximum atomic E-state index is 10.8. The van der Waals surface area contributed by atoms with Crippen molar-refractivity contribution < 1.29 is 18.2 Å². The molecule has 0 radical (unpaired) electrons. The summed E-state index contributed by atoms with van der Waals surface area (Å²) in [5.74, 6) is 1.84. The second kappa shape index (κ2) is 7.99. The predicted octanol–water partition coefficient (Wildman–Crippen LogP) is 3.20. The van der Waals surface area contributed by atoms with E-state index in [0.29, 0.717) is 23.0 Å². The first-order valence-corrected chi connectivity index (χ1v) is 9.53. The monoisotopic (exact) mass is 401 g/mol. The Morgan fingerprint density at radius 1 is 1.04 bits per heavy atom. The number of nitrogens with zero attached hydrogens (tertiary/aromatic N) is 2. The Bertz CT molecular complexity index is 1010. The highest BCUT2D eigenvalue weighted by atomic mass is 32.2. The number of methoxy groups -OCH3 is 2. The van der Waals surface area contributed by atoms with E-state index in [9.17, 15) is 8.76 Å². The number of benzene rings is 2. The summed E-state index contributed by atoms with van der Waals surface area (Å²) in [5, 5.41) is 4.24. The van der Waals surface area contributed by atoms with Gasteiger partial charge < -0.3 is 24.1 Å². The lowest BCUT2D eigenvalue weighted by molar-refractivity contribution is 0.356. The minimum Gasteiger partial charge on any atom is -0.755 e. The molecule has 1 aromatic heterocycles. The summed E-state index contributed by atoms with van der Waals surface area (Å²) in [7, 11) is 3.16. The van der Waals surface area contributed by atoms with Gasteiger partial charge >= 0.3 is 0 Å². The van der Waals surface area contributed by atoms with Gasteiger partial charge in [0.15, 0.2) is 11.5 Å². The fourth-order valence-electron chi connectivity index (χ4n) is 2.90. The quantitative estimate of drug-likeness (QED) is 0.585. The van der Waals surface area contributed by atoms with Gasteiger partial charge in [0.05, 0.1) is 25.3 Å². The van der Waals surface area contributed by atoms with Gasteiger partial charge in [-0.25, -0.2) is 9.97 Å². The molecule has 0 spiro atoms. The summed E-state index contributed by atoms with van der Waals surface area (Å²) in [5.41, 5.74) is 1.70. The molecule has 0 aliphatic heterocycles. The van der Waals surface area contributed by atoms with Crippen molar-refractivity contribution in [2.24, 2.45) is 0 Å². The maximum Gasteiger partial charge on any atom is 0.162 e. The van der Waals surface area contributed by atoms with Gasteiger partial charge in [-0.15, -0.1) is 0 Å². The van der Waals surface area contributed by atoms with E-state index in [-0.39, 0.29) is 0 Å². The second-order valence-electron chi connectivity index (χ2n) is 6.61. The Kier molecular flexibility index (Phi) is 5.66. The summed E-state index contributed by atoms with van der Waals surface area (Å²) in [4.78, 5) is 8.71. The Morgan fingerprint density at radius 3 is 2.29 bits per heavy atom. The molecule has 0 bridgehead atoms. The average molecular weight is 401 g/mol. The van der Waals surface area contributed by atoms with Crippen molar-refractivity contribution in [1.29, 1.82) is 0 Å². The van der Waals surface area contributed by atoms with Gasteiger partial charge in [0.2, 0.25) is 0 Å². The predicted molar refractivity (Wildman–Crippen MR) is 108 cm³/mol. The number of aromatic nitrogens is 2. The first kappa shape index (κ1) is 19.8. The summed E-state index contributed by atoms with van der Waals surface area (Å²) in [6, 6.07) is 10.8. The summed E-state index contributed by atoms with van der Waals surface area (Å²) in [6.45, 7) is 4.02. The van der Waals surface area contributed by atoms with Crippen LogP contribution in [0, 0.1) is 0 Å². The van der Waals surface area contributed by atoms with E-state index in [1.807, 2.05) is 32.0 Å². The normalized spacial score (nSPS) is 12.5. The Labute approximate surface area is 165 Å². The van der Waals surface area contributed by atoms with Gasteiger partial charge in [0.25, 0.3) is 0 Å². The summed E-state index contributed by atoms with van der Waals surface area (Å²) in [6.07, 6.45) is 1.49. The molecule has 1 unspecified atom stereocenters. The van der Waals surface area contributed by atoms with Crippen LogP contribution in [-0.4, -0.2) is 32.9 Å². The van der Waals surface area contributed by atoms with E-state index >= 15 is 0 Å². The zero-order valence-electron chi connectivity index (χ0n) is 16.0. The molecule has 0 aliphatic carbocycles. The molecule has 2 aromatic carbocycles. The SMILES string of the molecule is COc1cc2ncnc(NC(C)(C)c3ccc(NS(=O)[O-])cc3)c2cc1OC. The van der Waals surface area contributed by atoms with Crippen molar-refractivity contribution >= 4 is 33.7 Å². The zero-order chi connectivity index (χ0) is 20.3. The molecule has 9 heteroatoms. The number of anilines is 2. The lowest BCUT2D eigenvalue weighted by Gasteiger charge is -2.28. The van der Waals surface area contributed by atoms with Gasteiger partial charge in [0, 0.05) is 28.4 Å². The van der Waals surface area contributed by atoms with Crippen molar-refractivity contribution in [3.8, 4) is 11.5 Å². The fourth-order valence-corrected chi connectivity index (χ4v) is 3.23. The second-order valence-corrected chi connectivity index (χ2v) is 7.28. The number of hydrogen-bond acceptors (Lipinski definition) is 7. The molecule has 0 saturated carbocycles. The molecule has 148 valence electrons. The van der Waals surface area contributed by atoms with Crippen LogP contribution in [-0.2, 0) is 16.8 Å². The minimum absolute atomic E-state index is 0.483. The number of ether oxygens (including phenoxy) is 2. The van der Waals surface area contributed by atoms with Crippen LogP contribution in [0.3, 0.4) is 0 Å². The standard InChI is InChI=1S/C19H22N4O4S/c1-19(2,12-5-7-13(8-6-12)23-28(24)25)22-18-14-9-16(26-3)17(27-4)10-15(14)20-11-21-18/h5-11,23H,1-4H3,(H,24,25)(H,20,21,22)/p-1. The summed E-state index contributed by atoms with van der Waals surface area (Å²) < 4.78 is 34.6. The molecule has 1 heterocycles. The van der Waals surface area contributed by atoms with Gasteiger partial charge in [-0.3, -0.25) is 4.21 Å². The number of rotatable bonds is 7. The van der Waals surface area contributed by atoms with Crippen LogP contribution in [0.4, 0.5) is 11.5 Å². The molecule has 0 amide bonds. The van der Waals surface area contributed by atoms with Crippen LogP contribution in [0.25, 0.3) is 10.9 Å². The molecule has 2 N–H and O–H groups in total. The van der Waals surface area contributed by atoms with Gasteiger partial charge in [-0.2, -0.15) is 0 Å². The first-order valence-electron chi connectivity index (χ1n) is 8.45. The third kappa shape index (κ3) is 4.15. The van der Waals surface area contributed by atoms with Crippen molar-refractivity contribution in [3.05, 3.63) is 48.3 Å². The Hall–Kier alpha value is -2.91. The topological polar surface area (TPSA) is 108 Å². The molecule has 3 rings (SSSR count). The molecule has 28 heavy (non-hydrogen) atoms. The molecular weight excluding hydrogens is 380 g/mol. The number of fused-ring (bicyclic) bond motifs is 1. The van der Waals surface area contributed by atoms with Crippen molar-refractivity contribution in [1.82, 2.24) is 9.97 Å². The molecular formula is C19H21N4O4S-. The van der Waals surface area contributed by atoms with Gasteiger partial charge in [-0.1, -0.05) is 12.1 Å². The van der Waals surface area contributed by atoms with Crippen molar-refractivity contribution in [2.45, 2.75) is 19.4 Å². The molecule has 8 nitrogen and oxygen atoms in total. The zero-order valence-corrected chi connectivity index (χ0v) is 16.8. The lowest BCUT2D eigenvalue weighted by atomic mass is 9.94. The molecule has 1 atom stereocenters. The summed E-state index contributed by atoms with van der Waals surface area (Å²) >= 11 is -2.35. The highest BCUT2D eigenvalue weighted by molar-refractivity contribution is 7.80. The van der Waals surface area contributed by atoms with Crippen molar-refractivity contribution in [2.75, 3.05) is 24.3 Å². The lowest BCUT2D eigenvalue weighted by Crippen LogP contribution is -2.28. The number of hydrogen-bond donors (Lipinski definition) is 2. The average Bonchev–Trinajstić information content (AvgIpc) is 2.67. The van der Waals surface area contributed by atoms with E-state index in [1.165, 1.54) is 6.33 Å². The largest absolute Gasteiger partial charge is 0.755 e. The third-order valence-electron chi connectivity index (χ3n) is 4.38. The van der Waals surface area contributed by atoms with Crippen molar-refractivity contribution in [3.63, 3.8) is 0 Å². The van der Waals surface area contributed by atoms with E-state index in [4.69, 9.17) is 9.47 Å². The Balaban J connectivity index is 1.95. The van der Waals surface area contributed by atoms with Gasteiger partial charge in [0.1, 0.15) is 12.1 Å². The molecule has 3 aromatic rings. The fraction of sp³-hybridized carbons (Fsp3) is 0.263. The van der Waals surface area contributed by atoms with Crippen LogP contribution in [0.2, 0.25) is 0 Å². The van der Waals surface area contributed by atoms with E-state index in [1.54, 1.807) is 32.4 Å². The maximum absolute atomic E-state index is 10.8. The van der Waals surface area contributed by atoms with E-state index < -0.39 is 16.8 Å². The Morgan fingerprint density at radius 2 is 1.68 bits per heavy atom. The highest BCUT2D eigenvalue weighted by Gasteiger charge is 2.22. The van der Waals surface area contributed by atoms with Crippen LogP contribution in [0.5, 0.6) is 11.5 Å². The van der Waals surface area contributed by atoms with Crippen LogP contribution in [0.1, 0.15) is 19.4 Å². The smallest absolute Gasteiger partial charge is 0.162 e. The van der Waals surface area contributed by atoms with E-state index in [2.05, 4.69) is 20.0 Å². The van der Waals surface area contributed by atoms with Gasteiger partial charge in [-0.05, 0) is 37.6 Å². The van der Waals surface area contributed by atoms with Crippen LogP contribution < -0.4 is 19.5 Å². The first-order chi connectivity index (χ1) is 13.3.